The van der Waals surface area contributed by atoms with E-state index < -0.39 is 12.9 Å². The largest absolute Gasteiger partial charge is 0.350 e. The maximum absolute atomic E-state index is 11.9. The van der Waals surface area contributed by atoms with Gasteiger partial charge in [-0.15, -0.1) is 12.4 Å². The molecule has 4 nitrogen and oxygen atoms in total. The van der Waals surface area contributed by atoms with Gasteiger partial charge >= 0.3 is 7.60 Å². The highest BCUT2D eigenvalue weighted by Crippen LogP contribution is 2.67. The van der Waals surface area contributed by atoms with E-state index >= 15 is 0 Å². The van der Waals surface area contributed by atoms with Crippen LogP contribution in [0.4, 0.5) is 0 Å². The topological polar surface area (TPSA) is 61.5 Å². The van der Waals surface area contributed by atoms with Crippen molar-refractivity contribution in [3.8, 4) is 0 Å². The summed E-state index contributed by atoms with van der Waals surface area (Å²) in [7, 11) is -3.01. The van der Waals surface area contributed by atoms with Crippen molar-refractivity contribution < 1.29 is 13.6 Å². The minimum Gasteiger partial charge on any atom is -0.315 e. The summed E-state index contributed by atoms with van der Waals surface area (Å²) >= 11 is 0. The SMILES string of the molecule is CCOP(=O)(OCC)C1(N)CC1.Cl. The molecule has 0 unspecified atom stereocenters. The Morgan fingerprint density at radius 3 is 1.92 bits per heavy atom. The Labute approximate surface area is 85.1 Å². The molecular formula is C7H17ClNO3P. The summed E-state index contributed by atoms with van der Waals surface area (Å²) in [5.41, 5.74) is 5.78. The van der Waals surface area contributed by atoms with Crippen LogP contribution in [0.5, 0.6) is 0 Å². The Kier molecular flexibility index (Phi) is 4.91. The lowest BCUT2D eigenvalue weighted by Gasteiger charge is -2.22. The molecule has 0 atom stereocenters. The van der Waals surface area contributed by atoms with E-state index in [1.165, 1.54) is 0 Å². The molecule has 0 bridgehead atoms. The minimum atomic E-state index is -3.01. The average Bonchev–Trinajstić information content (AvgIpc) is 2.70. The Morgan fingerprint density at radius 2 is 1.69 bits per heavy atom. The van der Waals surface area contributed by atoms with Crippen LogP contribution in [0.25, 0.3) is 0 Å². The first-order valence-electron chi connectivity index (χ1n) is 4.26. The quantitative estimate of drug-likeness (QED) is 0.734. The maximum Gasteiger partial charge on any atom is 0.350 e. The van der Waals surface area contributed by atoms with E-state index in [0.29, 0.717) is 13.2 Å². The van der Waals surface area contributed by atoms with Crippen molar-refractivity contribution in [3.63, 3.8) is 0 Å². The third kappa shape index (κ3) is 2.67. The zero-order valence-corrected chi connectivity index (χ0v) is 9.70. The molecule has 0 radical (unpaired) electrons. The smallest absolute Gasteiger partial charge is 0.315 e. The highest BCUT2D eigenvalue weighted by molar-refractivity contribution is 7.56. The summed E-state index contributed by atoms with van der Waals surface area (Å²) in [6.07, 6.45) is 1.48. The van der Waals surface area contributed by atoms with Crippen LogP contribution in [0.2, 0.25) is 0 Å². The molecule has 0 aliphatic heterocycles. The lowest BCUT2D eigenvalue weighted by molar-refractivity contribution is 0.210. The summed E-state index contributed by atoms with van der Waals surface area (Å²) in [5.74, 6) is 0. The molecule has 1 aliphatic carbocycles. The molecule has 1 fully saturated rings. The fourth-order valence-electron chi connectivity index (χ4n) is 1.04. The predicted molar refractivity (Wildman–Crippen MR) is 54.3 cm³/mol. The molecule has 0 aromatic carbocycles. The normalized spacial score (nSPS) is 19.3. The molecule has 2 N–H and O–H groups in total. The Bertz CT molecular complexity index is 198. The summed E-state index contributed by atoms with van der Waals surface area (Å²) in [6.45, 7) is 4.35. The van der Waals surface area contributed by atoms with Gasteiger partial charge in [0.1, 0.15) is 5.28 Å². The van der Waals surface area contributed by atoms with Crippen molar-refractivity contribution >= 4 is 20.0 Å². The van der Waals surface area contributed by atoms with Gasteiger partial charge in [0.25, 0.3) is 0 Å². The van der Waals surface area contributed by atoms with Crippen LogP contribution in [0.3, 0.4) is 0 Å². The summed E-state index contributed by atoms with van der Waals surface area (Å²) in [5, 5.41) is -0.682. The van der Waals surface area contributed by atoms with Gasteiger partial charge in [0.2, 0.25) is 0 Å². The van der Waals surface area contributed by atoms with Crippen LogP contribution in [0.15, 0.2) is 0 Å². The summed E-state index contributed by atoms with van der Waals surface area (Å²) in [4.78, 5) is 0. The zero-order chi connectivity index (χ0) is 9.24. The first-order valence-corrected chi connectivity index (χ1v) is 5.80. The van der Waals surface area contributed by atoms with Crippen molar-refractivity contribution in [2.24, 2.45) is 5.73 Å². The van der Waals surface area contributed by atoms with E-state index in [1.54, 1.807) is 13.8 Å². The average molecular weight is 230 g/mol. The lowest BCUT2D eigenvalue weighted by Crippen LogP contribution is -2.24. The van der Waals surface area contributed by atoms with E-state index in [2.05, 4.69) is 0 Å². The van der Waals surface area contributed by atoms with E-state index in [9.17, 15) is 4.57 Å². The number of hydrogen-bond donors (Lipinski definition) is 1. The van der Waals surface area contributed by atoms with Crippen molar-refractivity contribution in [1.29, 1.82) is 0 Å². The minimum absolute atomic E-state index is 0. The predicted octanol–water partition coefficient (Wildman–Crippen LogP) is 2.12. The fraction of sp³-hybridized carbons (Fsp3) is 1.00. The second-order valence-corrected chi connectivity index (χ2v) is 5.34. The third-order valence-electron chi connectivity index (χ3n) is 1.91. The van der Waals surface area contributed by atoms with Crippen LogP contribution in [0, 0.1) is 0 Å². The van der Waals surface area contributed by atoms with Gasteiger partial charge in [-0.25, -0.2) is 0 Å². The zero-order valence-electron chi connectivity index (χ0n) is 7.99. The number of nitrogens with two attached hydrogens (primary N) is 1. The van der Waals surface area contributed by atoms with Gasteiger partial charge in [0, 0.05) is 0 Å². The first kappa shape index (κ1) is 13.4. The third-order valence-corrected chi connectivity index (χ3v) is 4.64. The molecule has 6 heteroatoms. The van der Waals surface area contributed by atoms with Crippen LogP contribution < -0.4 is 5.73 Å². The Balaban J connectivity index is 0.00000144. The van der Waals surface area contributed by atoms with Crippen LogP contribution >= 0.6 is 20.0 Å². The van der Waals surface area contributed by atoms with Gasteiger partial charge in [-0.1, -0.05) is 0 Å². The van der Waals surface area contributed by atoms with Crippen molar-refractivity contribution in [2.45, 2.75) is 32.0 Å². The molecule has 1 aliphatic rings. The standard InChI is InChI=1S/C7H16NO3P.ClH/c1-3-10-12(9,11-4-2)7(8)5-6-7;/h3-6,8H2,1-2H3;1H. The summed E-state index contributed by atoms with van der Waals surface area (Å²) < 4.78 is 22.1. The van der Waals surface area contributed by atoms with Crippen LogP contribution in [-0.2, 0) is 13.6 Å². The highest BCUT2D eigenvalue weighted by Gasteiger charge is 2.57. The molecular weight excluding hydrogens is 213 g/mol. The molecule has 0 amide bonds. The highest BCUT2D eigenvalue weighted by atomic mass is 35.5. The van der Waals surface area contributed by atoms with Gasteiger partial charge in [-0.2, -0.15) is 0 Å². The number of hydrogen-bond acceptors (Lipinski definition) is 4. The number of rotatable bonds is 5. The van der Waals surface area contributed by atoms with Gasteiger partial charge in [0.15, 0.2) is 0 Å². The van der Waals surface area contributed by atoms with Gasteiger partial charge < -0.3 is 14.8 Å². The van der Waals surface area contributed by atoms with E-state index in [0.717, 1.165) is 12.8 Å². The molecule has 0 aromatic heterocycles. The second kappa shape index (κ2) is 4.76. The van der Waals surface area contributed by atoms with Crippen molar-refractivity contribution in [1.82, 2.24) is 0 Å². The second-order valence-electron chi connectivity index (χ2n) is 2.94. The molecule has 0 heterocycles. The fourth-order valence-corrected chi connectivity index (χ4v) is 2.96. The monoisotopic (exact) mass is 229 g/mol. The number of halogens is 1. The molecule has 13 heavy (non-hydrogen) atoms. The molecule has 80 valence electrons. The summed E-state index contributed by atoms with van der Waals surface area (Å²) in [6, 6.07) is 0. The lowest BCUT2D eigenvalue weighted by atomic mass is 10.8. The van der Waals surface area contributed by atoms with Gasteiger partial charge in [-0.3, -0.25) is 4.57 Å². The molecule has 1 saturated carbocycles. The van der Waals surface area contributed by atoms with Crippen LogP contribution in [0.1, 0.15) is 26.7 Å². The molecule has 0 spiro atoms. The van der Waals surface area contributed by atoms with E-state index in [4.69, 9.17) is 14.8 Å². The Hall–Kier alpha value is 0.400. The first-order chi connectivity index (χ1) is 5.58. The van der Waals surface area contributed by atoms with Crippen molar-refractivity contribution in [2.75, 3.05) is 13.2 Å². The van der Waals surface area contributed by atoms with Gasteiger partial charge in [0.05, 0.1) is 13.2 Å². The van der Waals surface area contributed by atoms with Crippen LogP contribution in [-0.4, -0.2) is 18.5 Å². The van der Waals surface area contributed by atoms with E-state index in [1.807, 2.05) is 0 Å². The molecule has 0 aromatic rings. The Morgan fingerprint density at radius 1 is 1.31 bits per heavy atom. The molecule has 1 rings (SSSR count). The maximum atomic E-state index is 11.9. The van der Waals surface area contributed by atoms with Gasteiger partial charge in [-0.05, 0) is 26.7 Å². The van der Waals surface area contributed by atoms with Crippen molar-refractivity contribution in [3.05, 3.63) is 0 Å². The van der Waals surface area contributed by atoms with E-state index in [-0.39, 0.29) is 12.4 Å². The molecule has 0 saturated heterocycles.